The van der Waals surface area contributed by atoms with Crippen LogP contribution in [0.5, 0.6) is 0 Å². The van der Waals surface area contributed by atoms with Crippen LogP contribution in [-0.4, -0.2) is 25.3 Å². The van der Waals surface area contributed by atoms with E-state index < -0.39 is 0 Å². The Kier molecular flexibility index (Phi) is 2.31. The van der Waals surface area contributed by atoms with Crippen molar-refractivity contribution in [2.45, 2.75) is 6.92 Å². The smallest absolute Gasteiger partial charge is 0.147 e. The highest BCUT2D eigenvalue weighted by atomic mass is 16.3. The second-order valence-electron chi connectivity index (χ2n) is 2.54. The second-order valence-corrected chi connectivity index (χ2v) is 2.54. The molecule has 0 aliphatic carbocycles. The van der Waals surface area contributed by atoms with E-state index in [1.165, 1.54) is 0 Å². The lowest BCUT2D eigenvalue weighted by Crippen LogP contribution is -2.01. The molecule has 0 saturated heterocycles. The molecule has 0 aromatic carbocycles. The normalized spacial score (nSPS) is 10.8. The van der Waals surface area contributed by atoms with Gasteiger partial charge in [0.1, 0.15) is 11.5 Å². The number of rotatable bonds is 2. The highest BCUT2D eigenvalue weighted by molar-refractivity contribution is 5.75. The van der Waals surface area contributed by atoms with Crippen molar-refractivity contribution in [3.63, 3.8) is 0 Å². The lowest BCUT2D eigenvalue weighted by atomic mass is 10.4. The molecule has 3 heteroatoms. The number of hydrazone groups is 1. The van der Waals surface area contributed by atoms with Gasteiger partial charge in [-0.15, -0.1) is 0 Å². The van der Waals surface area contributed by atoms with Gasteiger partial charge in [0.15, 0.2) is 0 Å². The van der Waals surface area contributed by atoms with Crippen LogP contribution in [0, 0.1) is 6.92 Å². The molecule has 11 heavy (non-hydrogen) atoms. The Morgan fingerprint density at radius 3 is 2.64 bits per heavy atom. The van der Waals surface area contributed by atoms with Crippen LogP contribution in [0.2, 0.25) is 0 Å². The molecule has 0 amide bonds. The molecule has 3 nitrogen and oxygen atoms in total. The average molecular weight is 152 g/mol. The lowest BCUT2D eigenvalue weighted by Gasteiger charge is -2.00. The molecule has 1 aromatic heterocycles. The Balaban J connectivity index is 2.64. The Morgan fingerprint density at radius 1 is 1.45 bits per heavy atom. The van der Waals surface area contributed by atoms with Crippen LogP contribution in [0.4, 0.5) is 0 Å². The van der Waals surface area contributed by atoms with Gasteiger partial charge in [-0.1, -0.05) is 0 Å². The fourth-order valence-corrected chi connectivity index (χ4v) is 0.695. The summed E-state index contributed by atoms with van der Waals surface area (Å²) in [4.78, 5) is 0. The van der Waals surface area contributed by atoms with Crippen LogP contribution in [0.3, 0.4) is 0 Å². The first kappa shape index (κ1) is 7.85. The summed E-state index contributed by atoms with van der Waals surface area (Å²) in [5.74, 6) is 1.70. The molecule has 1 aromatic rings. The number of nitrogens with zero attached hydrogens (tertiary/aromatic N) is 2. The van der Waals surface area contributed by atoms with Gasteiger partial charge in [0, 0.05) is 14.1 Å². The van der Waals surface area contributed by atoms with Crippen LogP contribution >= 0.6 is 0 Å². The number of hydrogen-bond acceptors (Lipinski definition) is 3. The lowest BCUT2D eigenvalue weighted by molar-refractivity contribution is 0.437. The summed E-state index contributed by atoms with van der Waals surface area (Å²) >= 11 is 0. The molecule has 0 saturated carbocycles. The molecule has 0 spiro atoms. The number of aryl methyl sites for hydroxylation is 1. The van der Waals surface area contributed by atoms with E-state index in [4.69, 9.17) is 4.42 Å². The summed E-state index contributed by atoms with van der Waals surface area (Å²) in [6, 6.07) is 3.80. The third kappa shape index (κ3) is 2.45. The first-order chi connectivity index (χ1) is 5.18. The fourth-order valence-electron chi connectivity index (χ4n) is 0.695. The first-order valence-electron chi connectivity index (χ1n) is 3.46. The van der Waals surface area contributed by atoms with Gasteiger partial charge in [0.05, 0.1) is 6.21 Å². The molecule has 0 radical (unpaired) electrons. The summed E-state index contributed by atoms with van der Waals surface area (Å²) in [6.07, 6.45) is 1.69. The minimum absolute atomic E-state index is 0.788. The average Bonchev–Trinajstić information content (AvgIpc) is 2.31. The number of furan rings is 1. The monoisotopic (exact) mass is 152 g/mol. The maximum Gasteiger partial charge on any atom is 0.147 e. The van der Waals surface area contributed by atoms with Gasteiger partial charge in [-0.3, -0.25) is 0 Å². The van der Waals surface area contributed by atoms with E-state index in [2.05, 4.69) is 5.10 Å². The molecule has 0 aliphatic rings. The van der Waals surface area contributed by atoms with Crippen molar-refractivity contribution in [3.05, 3.63) is 23.7 Å². The molecule has 0 unspecified atom stereocenters. The van der Waals surface area contributed by atoms with Crippen LogP contribution in [0.25, 0.3) is 0 Å². The number of hydrogen-bond donors (Lipinski definition) is 0. The third-order valence-corrected chi connectivity index (χ3v) is 1.18. The zero-order valence-electron chi connectivity index (χ0n) is 7.03. The van der Waals surface area contributed by atoms with Crippen molar-refractivity contribution in [1.82, 2.24) is 5.01 Å². The van der Waals surface area contributed by atoms with Crippen molar-refractivity contribution < 1.29 is 4.42 Å². The Labute approximate surface area is 66.3 Å². The largest absolute Gasteiger partial charge is 0.460 e. The van der Waals surface area contributed by atoms with Crippen LogP contribution in [-0.2, 0) is 0 Å². The van der Waals surface area contributed by atoms with Gasteiger partial charge < -0.3 is 9.43 Å². The molecule has 60 valence electrons. The van der Waals surface area contributed by atoms with Gasteiger partial charge in [-0.25, -0.2) is 0 Å². The molecular formula is C8H12N2O. The summed E-state index contributed by atoms with van der Waals surface area (Å²) in [6.45, 7) is 1.91. The van der Waals surface area contributed by atoms with E-state index in [0.717, 1.165) is 11.5 Å². The highest BCUT2D eigenvalue weighted by Crippen LogP contribution is 2.02. The van der Waals surface area contributed by atoms with E-state index >= 15 is 0 Å². The summed E-state index contributed by atoms with van der Waals surface area (Å²) in [7, 11) is 3.73. The van der Waals surface area contributed by atoms with E-state index in [0.29, 0.717) is 0 Å². The van der Waals surface area contributed by atoms with E-state index in [-0.39, 0.29) is 0 Å². The molecule has 1 rings (SSSR count). The fraction of sp³-hybridized carbons (Fsp3) is 0.375. The predicted molar refractivity (Wildman–Crippen MR) is 44.7 cm³/mol. The topological polar surface area (TPSA) is 28.7 Å². The van der Waals surface area contributed by atoms with Crippen molar-refractivity contribution >= 4 is 6.21 Å². The Bertz CT molecular complexity index is 250. The molecule has 0 fully saturated rings. The Morgan fingerprint density at radius 2 is 2.18 bits per heavy atom. The molecule has 0 aliphatic heterocycles. The van der Waals surface area contributed by atoms with Crippen LogP contribution < -0.4 is 0 Å². The van der Waals surface area contributed by atoms with Crippen molar-refractivity contribution in [1.29, 1.82) is 0 Å². The van der Waals surface area contributed by atoms with E-state index in [9.17, 15) is 0 Å². The van der Waals surface area contributed by atoms with Crippen LogP contribution in [0.1, 0.15) is 11.5 Å². The van der Waals surface area contributed by atoms with Gasteiger partial charge >= 0.3 is 0 Å². The van der Waals surface area contributed by atoms with Gasteiger partial charge in [0.2, 0.25) is 0 Å². The van der Waals surface area contributed by atoms with Crippen LogP contribution in [0.15, 0.2) is 21.7 Å². The standard InChI is InChI=1S/C8H12N2O/c1-7-4-5-8(11-7)6-9-10(2)3/h4-6H,1-3H3. The van der Waals surface area contributed by atoms with Crippen molar-refractivity contribution in [2.75, 3.05) is 14.1 Å². The first-order valence-corrected chi connectivity index (χ1v) is 3.46. The minimum atomic E-state index is 0.788. The third-order valence-electron chi connectivity index (χ3n) is 1.18. The summed E-state index contributed by atoms with van der Waals surface area (Å²) in [5, 5.41) is 5.74. The van der Waals surface area contributed by atoms with Crippen molar-refractivity contribution in [2.24, 2.45) is 5.10 Å². The second kappa shape index (κ2) is 3.23. The van der Waals surface area contributed by atoms with E-state index in [1.54, 1.807) is 11.2 Å². The molecular weight excluding hydrogens is 140 g/mol. The minimum Gasteiger partial charge on any atom is -0.460 e. The van der Waals surface area contributed by atoms with E-state index in [1.807, 2.05) is 33.2 Å². The molecule has 0 atom stereocenters. The summed E-state index contributed by atoms with van der Waals surface area (Å²) in [5.41, 5.74) is 0. The summed E-state index contributed by atoms with van der Waals surface area (Å²) < 4.78 is 5.26. The Hall–Kier alpha value is -1.25. The zero-order chi connectivity index (χ0) is 8.27. The maximum atomic E-state index is 5.26. The highest BCUT2D eigenvalue weighted by Gasteiger charge is 1.92. The molecule has 1 heterocycles. The van der Waals surface area contributed by atoms with Gasteiger partial charge in [-0.2, -0.15) is 5.10 Å². The van der Waals surface area contributed by atoms with Gasteiger partial charge in [0.25, 0.3) is 0 Å². The molecule has 0 bridgehead atoms. The SMILES string of the molecule is Cc1ccc(C=NN(C)C)o1. The van der Waals surface area contributed by atoms with Crippen molar-refractivity contribution in [3.8, 4) is 0 Å². The maximum absolute atomic E-state index is 5.26. The molecule has 0 N–H and O–H groups in total. The van der Waals surface area contributed by atoms with Gasteiger partial charge in [-0.05, 0) is 19.1 Å². The predicted octanol–water partition coefficient (Wildman–Crippen LogP) is 1.48. The zero-order valence-corrected chi connectivity index (χ0v) is 7.03. The quantitative estimate of drug-likeness (QED) is 0.474.